The fourth-order valence-corrected chi connectivity index (χ4v) is 4.52. The summed E-state index contributed by atoms with van der Waals surface area (Å²) in [5.74, 6) is 0.530. The standard InChI is InChI=1S/C20H25N5OS/c1-4-14-8-9-16-15(11-14)18-19(24(16)3)21-20(23-22-18)27-12-17(26)25-10-6-5-7-13(25)2/h8-9,11,13H,4-7,10,12H2,1-3H3. The number of hydrogen-bond donors (Lipinski definition) is 0. The van der Waals surface area contributed by atoms with Crippen LogP contribution in [-0.4, -0.2) is 48.9 Å². The van der Waals surface area contributed by atoms with Gasteiger partial charge in [0.25, 0.3) is 0 Å². The Labute approximate surface area is 163 Å². The van der Waals surface area contributed by atoms with E-state index in [1.807, 2.05) is 11.9 Å². The summed E-state index contributed by atoms with van der Waals surface area (Å²) in [7, 11) is 2.00. The van der Waals surface area contributed by atoms with Gasteiger partial charge in [0.05, 0.1) is 11.3 Å². The lowest BCUT2D eigenvalue weighted by molar-refractivity contribution is -0.131. The van der Waals surface area contributed by atoms with Crippen molar-refractivity contribution < 1.29 is 4.79 Å². The number of aryl methyl sites for hydroxylation is 2. The van der Waals surface area contributed by atoms with Gasteiger partial charge >= 0.3 is 0 Å². The molecule has 3 aromatic rings. The molecule has 3 heterocycles. The van der Waals surface area contributed by atoms with Gasteiger partial charge in [-0.1, -0.05) is 24.8 Å². The van der Waals surface area contributed by atoms with Crippen molar-refractivity contribution in [3.8, 4) is 0 Å². The van der Waals surface area contributed by atoms with Crippen LogP contribution in [-0.2, 0) is 18.3 Å². The number of piperidine rings is 1. The first-order valence-electron chi connectivity index (χ1n) is 9.62. The van der Waals surface area contributed by atoms with Crippen molar-refractivity contribution in [2.75, 3.05) is 12.3 Å². The van der Waals surface area contributed by atoms with Crippen LogP contribution in [0.2, 0.25) is 0 Å². The summed E-state index contributed by atoms with van der Waals surface area (Å²) in [6, 6.07) is 6.76. The summed E-state index contributed by atoms with van der Waals surface area (Å²) in [6.07, 6.45) is 4.39. The number of rotatable bonds is 4. The predicted octanol–water partition coefficient (Wildman–Crippen LogP) is 3.57. The average Bonchev–Trinajstić information content (AvgIpc) is 2.98. The molecular formula is C20H25N5OS. The number of carbonyl (C=O) groups is 1. The molecule has 1 aromatic carbocycles. The molecule has 1 saturated heterocycles. The Kier molecular flexibility index (Phi) is 5.04. The maximum atomic E-state index is 12.5. The molecule has 1 unspecified atom stereocenters. The van der Waals surface area contributed by atoms with Gasteiger partial charge < -0.3 is 9.47 Å². The smallest absolute Gasteiger partial charge is 0.233 e. The highest BCUT2D eigenvalue weighted by molar-refractivity contribution is 7.99. The Balaban J connectivity index is 1.57. The van der Waals surface area contributed by atoms with E-state index in [0.717, 1.165) is 47.9 Å². The van der Waals surface area contributed by atoms with E-state index in [1.165, 1.54) is 23.7 Å². The van der Waals surface area contributed by atoms with Gasteiger partial charge in [-0.2, -0.15) is 0 Å². The van der Waals surface area contributed by atoms with E-state index in [1.54, 1.807) is 0 Å². The highest BCUT2D eigenvalue weighted by Gasteiger charge is 2.23. The minimum atomic E-state index is 0.167. The number of nitrogens with zero attached hydrogens (tertiary/aromatic N) is 5. The van der Waals surface area contributed by atoms with Crippen molar-refractivity contribution in [2.24, 2.45) is 7.05 Å². The highest BCUT2D eigenvalue weighted by Crippen LogP contribution is 2.27. The monoisotopic (exact) mass is 383 g/mol. The lowest BCUT2D eigenvalue weighted by Gasteiger charge is -2.33. The maximum Gasteiger partial charge on any atom is 0.233 e. The van der Waals surface area contributed by atoms with Crippen LogP contribution in [0.25, 0.3) is 22.1 Å². The number of amides is 1. The van der Waals surface area contributed by atoms with Crippen LogP contribution in [0.3, 0.4) is 0 Å². The molecule has 0 radical (unpaired) electrons. The zero-order chi connectivity index (χ0) is 19.0. The second-order valence-electron chi connectivity index (χ2n) is 7.25. The van der Waals surface area contributed by atoms with Crippen molar-refractivity contribution in [3.63, 3.8) is 0 Å². The molecule has 27 heavy (non-hydrogen) atoms. The lowest BCUT2D eigenvalue weighted by atomic mass is 10.0. The van der Waals surface area contributed by atoms with Gasteiger partial charge in [-0.05, 0) is 50.3 Å². The molecule has 1 atom stereocenters. The summed E-state index contributed by atoms with van der Waals surface area (Å²) in [4.78, 5) is 19.2. The molecule has 1 aliphatic heterocycles. The molecule has 0 N–H and O–H groups in total. The first kappa shape index (κ1) is 18.2. The van der Waals surface area contributed by atoms with Crippen molar-refractivity contribution in [1.29, 1.82) is 0 Å². The summed E-state index contributed by atoms with van der Waals surface area (Å²) in [5, 5.41) is 10.4. The Morgan fingerprint density at radius 2 is 2.15 bits per heavy atom. The molecule has 1 fully saturated rings. The van der Waals surface area contributed by atoms with Gasteiger partial charge in [-0.15, -0.1) is 10.2 Å². The summed E-state index contributed by atoms with van der Waals surface area (Å²) < 4.78 is 2.05. The van der Waals surface area contributed by atoms with Gasteiger partial charge in [0.2, 0.25) is 11.1 Å². The van der Waals surface area contributed by atoms with Crippen LogP contribution < -0.4 is 0 Å². The van der Waals surface area contributed by atoms with Gasteiger partial charge in [0.1, 0.15) is 5.52 Å². The van der Waals surface area contributed by atoms with Crippen LogP contribution in [0.4, 0.5) is 0 Å². The van der Waals surface area contributed by atoms with Crippen LogP contribution in [0, 0.1) is 0 Å². The molecule has 0 saturated carbocycles. The second kappa shape index (κ2) is 7.46. The topological polar surface area (TPSA) is 63.9 Å². The SMILES string of the molecule is CCc1ccc2c(c1)c1nnc(SCC(=O)N3CCCCC3C)nc1n2C. The Bertz CT molecular complexity index is 999. The number of aromatic nitrogens is 4. The summed E-state index contributed by atoms with van der Waals surface area (Å²) >= 11 is 1.38. The Hall–Kier alpha value is -2.15. The molecule has 1 amide bonds. The van der Waals surface area contributed by atoms with Gasteiger partial charge in [-0.25, -0.2) is 4.98 Å². The van der Waals surface area contributed by atoms with E-state index in [2.05, 4.69) is 51.8 Å². The lowest BCUT2D eigenvalue weighted by Crippen LogP contribution is -2.42. The van der Waals surface area contributed by atoms with E-state index in [9.17, 15) is 4.79 Å². The largest absolute Gasteiger partial charge is 0.339 e. The quantitative estimate of drug-likeness (QED) is 0.645. The summed E-state index contributed by atoms with van der Waals surface area (Å²) in [5.41, 5.74) is 4.01. The fraction of sp³-hybridized carbons (Fsp3) is 0.500. The third kappa shape index (κ3) is 3.40. The van der Waals surface area contributed by atoms with Crippen LogP contribution in [0.15, 0.2) is 23.4 Å². The average molecular weight is 384 g/mol. The van der Waals surface area contributed by atoms with Crippen molar-refractivity contribution in [1.82, 2.24) is 24.6 Å². The Morgan fingerprint density at radius 1 is 1.30 bits per heavy atom. The zero-order valence-electron chi connectivity index (χ0n) is 16.1. The highest BCUT2D eigenvalue weighted by atomic mass is 32.2. The van der Waals surface area contributed by atoms with E-state index in [4.69, 9.17) is 0 Å². The van der Waals surface area contributed by atoms with Gasteiger partial charge in [0, 0.05) is 25.0 Å². The summed E-state index contributed by atoms with van der Waals surface area (Å²) in [6.45, 7) is 5.14. The predicted molar refractivity (Wildman–Crippen MR) is 109 cm³/mol. The molecular weight excluding hydrogens is 358 g/mol. The molecule has 142 valence electrons. The number of benzene rings is 1. The molecule has 0 bridgehead atoms. The number of thioether (sulfide) groups is 1. The minimum absolute atomic E-state index is 0.167. The normalized spacial score (nSPS) is 17.7. The van der Waals surface area contributed by atoms with Crippen molar-refractivity contribution in [3.05, 3.63) is 23.8 Å². The van der Waals surface area contributed by atoms with E-state index in [-0.39, 0.29) is 5.91 Å². The zero-order valence-corrected chi connectivity index (χ0v) is 16.9. The van der Waals surface area contributed by atoms with Crippen LogP contribution in [0.1, 0.15) is 38.7 Å². The first-order chi connectivity index (χ1) is 13.1. The molecule has 2 aromatic heterocycles. The maximum absolute atomic E-state index is 12.5. The van der Waals surface area contributed by atoms with Crippen molar-refractivity contribution in [2.45, 2.75) is 50.7 Å². The minimum Gasteiger partial charge on any atom is -0.339 e. The molecule has 1 aliphatic rings. The van der Waals surface area contributed by atoms with Gasteiger partial charge in [0.15, 0.2) is 5.65 Å². The van der Waals surface area contributed by atoms with Crippen LogP contribution in [0.5, 0.6) is 0 Å². The first-order valence-corrected chi connectivity index (χ1v) is 10.6. The second-order valence-corrected chi connectivity index (χ2v) is 8.19. The molecule has 6 nitrogen and oxygen atoms in total. The fourth-order valence-electron chi connectivity index (χ4n) is 3.85. The molecule has 0 spiro atoms. The van der Waals surface area contributed by atoms with E-state index in [0.29, 0.717) is 17.0 Å². The van der Waals surface area contributed by atoms with E-state index >= 15 is 0 Å². The molecule has 7 heteroatoms. The van der Waals surface area contributed by atoms with Crippen LogP contribution >= 0.6 is 11.8 Å². The number of carbonyl (C=O) groups excluding carboxylic acids is 1. The molecule has 4 rings (SSSR count). The van der Waals surface area contributed by atoms with Crippen molar-refractivity contribution >= 4 is 39.7 Å². The third-order valence-electron chi connectivity index (χ3n) is 5.50. The molecule has 0 aliphatic carbocycles. The Morgan fingerprint density at radius 3 is 2.93 bits per heavy atom. The number of hydrogen-bond acceptors (Lipinski definition) is 5. The van der Waals surface area contributed by atoms with E-state index < -0.39 is 0 Å². The number of likely N-dealkylation sites (tertiary alicyclic amines) is 1. The number of fused-ring (bicyclic) bond motifs is 3. The third-order valence-corrected chi connectivity index (χ3v) is 6.32. The van der Waals surface area contributed by atoms with Gasteiger partial charge in [-0.3, -0.25) is 4.79 Å².